The molecule has 0 radical (unpaired) electrons. The van der Waals surface area contributed by atoms with Gasteiger partial charge in [-0.25, -0.2) is 13.8 Å². The summed E-state index contributed by atoms with van der Waals surface area (Å²) in [5, 5.41) is 9.26. The van der Waals surface area contributed by atoms with Crippen LogP contribution in [0.1, 0.15) is 36.1 Å². The fourth-order valence-electron chi connectivity index (χ4n) is 5.19. The summed E-state index contributed by atoms with van der Waals surface area (Å²) < 4.78 is 33.7. The number of benzene rings is 1. The summed E-state index contributed by atoms with van der Waals surface area (Å²) >= 11 is 1.18. The highest BCUT2D eigenvalue weighted by Crippen LogP contribution is 2.34. The fourth-order valence-corrected chi connectivity index (χ4v) is 6.41. The van der Waals surface area contributed by atoms with Crippen molar-refractivity contribution < 1.29 is 23.4 Å². The van der Waals surface area contributed by atoms with Crippen LogP contribution in [0.25, 0.3) is 15.2 Å². The van der Waals surface area contributed by atoms with Crippen LogP contribution >= 0.6 is 11.3 Å². The summed E-state index contributed by atoms with van der Waals surface area (Å²) in [6.45, 7) is 2.61. The summed E-state index contributed by atoms with van der Waals surface area (Å²) in [7, 11) is 4.65. The zero-order chi connectivity index (χ0) is 29.3. The SMILES string of the molecule is COCCO[C@@H](Cn1c(=O)n(C2CCCN(C)C2=O)c(=O)c2c(C)c(-n3nccn3)sc21)c1cc(F)ccc1OC. The van der Waals surface area contributed by atoms with Crippen LogP contribution in [-0.2, 0) is 20.8 Å². The first kappa shape index (κ1) is 28.6. The molecule has 41 heavy (non-hydrogen) atoms. The first-order chi connectivity index (χ1) is 19.8. The topological polar surface area (TPSA) is 123 Å². The average molecular weight is 587 g/mol. The van der Waals surface area contributed by atoms with Crippen molar-refractivity contribution in [2.24, 2.45) is 0 Å². The zero-order valence-corrected chi connectivity index (χ0v) is 24.0. The van der Waals surface area contributed by atoms with Crippen molar-refractivity contribution in [3.05, 3.63) is 68.4 Å². The predicted octanol–water partition coefficient (Wildman–Crippen LogP) is 2.46. The third-order valence-electron chi connectivity index (χ3n) is 7.26. The number of hydrogen-bond donors (Lipinski definition) is 0. The van der Waals surface area contributed by atoms with Crippen molar-refractivity contribution in [2.45, 2.75) is 38.5 Å². The van der Waals surface area contributed by atoms with Crippen LogP contribution in [0.3, 0.4) is 0 Å². The number of hydrogen-bond acceptors (Lipinski definition) is 9. The number of thiophene rings is 1. The lowest BCUT2D eigenvalue weighted by molar-refractivity contribution is -0.136. The number of aromatic nitrogens is 5. The van der Waals surface area contributed by atoms with Gasteiger partial charge in [0, 0.05) is 31.8 Å². The molecule has 14 heteroatoms. The molecule has 0 N–H and O–H groups in total. The monoisotopic (exact) mass is 586 g/mol. The molecule has 1 aliphatic rings. The fraction of sp³-hybridized carbons (Fsp3) is 0.444. The van der Waals surface area contributed by atoms with Crippen molar-refractivity contribution in [2.75, 3.05) is 41.0 Å². The molecule has 3 aromatic heterocycles. The lowest BCUT2D eigenvalue weighted by atomic mass is 10.0. The van der Waals surface area contributed by atoms with E-state index in [0.29, 0.717) is 46.1 Å². The minimum absolute atomic E-state index is 0.0954. The molecular formula is C27H31FN6O6S. The highest BCUT2D eigenvalue weighted by molar-refractivity contribution is 7.21. The maximum atomic E-state index is 14.4. The molecule has 5 rings (SSSR count). The molecule has 1 aromatic carbocycles. The van der Waals surface area contributed by atoms with Gasteiger partial charge in [0.2, 0.25) is 5.91 Å². The van der Waals surface area contributed by atoms with Gasteiger partial charge in [0.15, 0.2) is 0 Å². The Morgan fingerprint density at radius 1 is 1.15 bits per heavy atom. The second kappa shape index (κ2) is 11.9. The van der Waals surface area contributed by atoms with E-state index in [2.05, 4.69) is 10.2 Å². The first-order valence-corrected chi connectivity index (χ1v) is 13.9. The molecule has 4 heterocycles. The molecular weight excluding hydrogens is 555 g/mol. The third kappa shape index (κ3) is 5.29. The number of halogens is 1. The van der Waals surface area contributed by atoms with Gasteiger partial charge in [-0.15, -0.1) is 4.80 Å². The molecule has 0 spiro atoms. The second-order valence-electron chi connectivity index (χ2n) is 9.76. The first-order valence-electron chi connectivity index (χ1n) is 13.1. The lowest BCUT2D eigenvalue weighted by Crippen LogP contribution is -2.49. The number of ether oxygens (including phenoxy) is 3. The van der Waals surface area contributed by atoms with E-state index in [1.54, 1.807) is 14.0 Å². The number of rotatable bonds is 10. The van der Waals surface area contributed by atoms with Gasteiger partial charge >= 0.3 is 5.69 Å². The number of nitrogens with zero attached hydrogens (tertiary/aromatic N) is 6. The van der Waals surface area contributed by atoms with Gasteiger partial charge in [0.25, 0.3) is 5.56 Å². The van der Waals surface area contributed by atoms with Crippen molar-refractivity contribution in [1.29, 1.82) is 0 Å². The Bertz CT molecular complexity index is 1680. The van der Waals surface area contributed by atoms with E-state index < -0.39 is 29.2 Å². The maximum Gasteiger partial charge on any atom is 0.332 e. The van der Waals surface area contributed by atoms with E-state index in [-0.39, 0.29) is 31.1 Å². The Labute approximate surface area is 238 Å². The van der Waals surface area contributed by atoms with Crippen molar-refractivity contribution >= 4 is 27.5 Å². The van der Waals surface area contributed by atoms with E-state index >= 15 is 0 Å². The number of aryl methyl sites for hydroxylation is 1. The number of carbonyl (C=O) groups is 1. The van der Waals surface area contributed by atoms with Gasteiger partial charge in [0.1, 0.15) is 33.5 Å². The van der Waals surface area contributed by atoms with E-state index in [1.165, 1.54) is 70.4 Å². The molecule has 4 aromatic rings. The Kier molecular flexibility index (Phi) is 8.33. The number of likely N-dealkylation sites (N-methyl/N-ethyl adjacent to an activating group) is 1. The van der Waals surface area contributed by atoms with Gasteiger partial charge < -0.3 is 19.1 Å². The number of fused-ring (bicyclic) bond motifs is 1. The molecule has 1 saturated heterocycles. The molecule has 1 amide bonds. The molecule has 218 valence electrons. The summed E-state index contributed by atoms with van der Waals surface area (Å²) in [5.41, 5.74) is -0.252. The van der Waals surface area contributed by atoms with Gasteiger partial charge in [-0.2, -0.15) is 10.2 Å². The minimum Gasteiger partial charge on any atom is -0.496 e. The third-order valence-corrected chi connectivity index (χ3v) is 8.54. The summed E-state index contributed by atoms with van der Waals surface area (Å²) in [6.07, 6.45) is 3.17. The normalized spacial score (nSPS) is 16.5. The molecule has 1 aliphatic heterocycles. The Morgan fingerprint density at radius 2 is 1.90 bits per heavy atom. The lowest BCUT2D eigenvalue weighted by Gasteiger charge is -2.30. The highest BCUT2D eigenvalue weighted by Gasteiger charge is 2.33. The Balaban J connectivity index is 1.75. The molecule has 12 nitrogen and oxygen atoms in total. The quantitative estimate of drug-likeness (QED) is 0.260. The summed E-state index contributed by atoms with van der Waals surface area (Å²) in [4.78, 5) is 44.7. The van der Waals surface area contributed by atoms with Crippen LogP contribution in [0.2, 0.25) is 0 Å². The number of likely N-dealkylation sites (tertiary alicyclic amines) is 1. The van der Waals surface area contributed by atoms with Crippen LogP contribution < -0.4 is 16.0 Å². The van der Waals surface area contributed by atoms with Crippen molar-refractivity contribution in [1.82, 2.24) is 29.0 Å². The second-order valence-corrected chi connectivity index (χ2v) is 10.7. The molecule has 1 unspecified atom stereocenters. The number of methoxy groups -OCH3 is 2. The van der Waals surface area contributed by atoms with Gasteiger partial charge in [0.05, 0.1) is 44.6 Å². The molecule has 0 saturated carbocycles. The van der Waals surface area contributed by atoms with Crippen LogP contribution in [0, 0.1) is 12.7 Å². The Morgan fingerprint density at radius 3 is 2.61 bits per heavy atom. The predicted molar refractivity (Wildman–Crippen MR) is 149 cm³/mol. The van der Waals surface area contributed by atoms with Crippen LogP contribution in [0.5, 0.6) is 5.75 Å². The summed E-state index contributed by atoms with van der Waals surface area (Å²) in [5.74, 6) is -0.430. The smallest absolute Gasteiger partial charge is 0.332 e. The van der Waals surface area contributed by atoms with Crippen molar-refractivity contribution in [3.8, 4) is 10.8 Å². The van der Waals surface area contributed by atoms with E-state index in [0.717, 1.165) is 4.57 Å². The number of piperidine rings is 1. The van der Waals surface area contributed by atoms with Gasteiger partial charge in [-0.05, 0) is 38.0 Å². The molecule has 0 bridgehead atoms. The maximum absolute atomic E-state index is 14.4. The zero-order valence-electron chi connectivity index (χ0n) is 23.2. The Hall–Kier alpha value is -3.88. The summed E-state index contributed by atoms with van der Waals surface area (Å²) in [6, 6.07) is 3.11. The standard InChI is InChI=1S/C27H31FN6O6S/c1-16-22-24(36)33(19-6-5-11-31(2)23(19)35)27(37)32(26(22)41-25(16)34-29-9-10-30-34)15-21(40-13-12-38-3)18-14-17(28)7-8-20(18)39-4/h7-10,14,19,21H,5-6,11-13,15H2,1-4H3/t19?,21-/m0/s1. The number of amides is 1. The average Bonchev–Trinajstić information content (AvgIpc) is 3.60. The highest BCUT2D eigenvalue weighted by atomic mass is 32.1. The largest absolute Gasteiger partial charge is 0.496 e. The van der Waals surface area contributed by atoms with Crippen molar-refractivity contribution in [3.63, 3.8) is 0 Å². The van der Waals surface area contributed by atoms with Gasteiger partial charge in [-0.1, -0.05) is 11.3 Å². The van der Waals surface area contributed by atoms with Crippen LogP contribution in [0.15, 0.2) is 40.2 Å². The van der Waals surface area contributed by atoms with Crippen LogP contribution in [-0.4, -0.2) is 76.0 Å². The van der Waals surface area contributed by atoms with E-state index in [1.807, 2.05) is 0 Å². The van der Waals surface area contributed by atoms with E-state index in [9.17, 15) is 18.8 Å². The molecule has 0 aliphatic carbocycles. The molecule has 1 fully saturated rings. The molecule has 2 atom stereocenters. The minimum atomic E-state index is -0.952. The van der Waals surface area contributed by atoms with Gasteiger partial charge in [-0.3, -0.25) is 14.2 Å². The van der Waals surface area contributed by atoms with E-state index in [4.69, 9.17) is 14.2 Å². The van der Waals surface area contributed by atoms with Crippen LogP contribution in [0.4, 0.5) is 4.39 Å². The number of carbonyl (C=O) groups excluding carboxylic acids is 1.